The topological polar surface area (TPSA) is 115 Å². The van der Waals surface area contributed by atoms with Crippen LogP contribution in [0.1, 0.15) is 92.9 Å². The van der Waals surface area contributed by atoms with Crippen molar-refractivity contribution in [3.8, 4) is 5.75 Å². The number of hydrogen-bond acceptors (Lipinski definition) is 4. The van der Waals surface area contributed by atoms with Gasteiger partial charge in [-0.05, 0) is 110 Å². The number of carbonyl (C=O) groups is 2. The Balaban J connectivity index is 1.60. The number of benzene rings is 1. The molecule has 0 heterocycles. The third kappa shape index (κ3) is 2.81. The molecule has 32 heavy (non-hydrogen) atoms. The van der Waals surface area contributed by atoms with E-state index >= 15 is 0 Å². The maximum Gasteiger partial charge on any atom is 0.303 e. The first-order valence-corrected chi connectivity index (χ1v) is 12.1. The second kappa shape index (κ2) is 7.21. The average Bonchev–Trinajstić information content (AvgIpc) is 3.11. The van der Waals surface area contributed by atoms with Crippen LogP contribution < -0.4 is 0 Å². The molecule has 2 bridgehead atoms. The van der Waals surface area contributed by atoms with Gasteiger partial charge in [-0.1, -0.05) is 6.92 Å². The Labute approximate surface area is 188 Å². The van der Waals surface area contributed by atoms with Crippen LogP contribution >= 0.6 is 0 Å². The molecule has 0 amide bonds. The van der Waals surface area contributed by atoms with E-state index in [-0.39, 0.29) is 35.8 Å². The van der Waals surface area contributed by atoms with Gasteiger partial charge < -0.3 is 20.4 Å². The zero-order chi connectivity index (χ0) is 22.9. The van der Waals surface area contributed by atoms with Gasteiger partial charge in [-0.2, -0.15) is 0 Å². The predicted molar refractivity (Wildman–Crippen MR) is 118 cm³/mol. The van der Waals surface area contributed by atoms with Crippen molar-refractivity contribution in [3.63, 3.8) is 0 Å². The van der Waals surface area contributed by atoms with Crippen LogP contribution in [0.25, 0.3) is 0 Å². The lowest BCUT2D eigenvalue weighted by Gasteiger charge is -2.57. The largest absolute Gasteiger partial charge is 0.508 e. The van der Waals surface area contributed by atoms with Crippen molar-refractivity contribution in [3.05, 3.63) is 28.3 Å². The number of aliphatic carboxylic acids is 2. The van der Waals surface area contributed by atoms with Crippen molar-refractivity contribution < 1.29 is 30.0 Å². The highest BCUT2D eigenvalue weighted by atomic mass is 16.4. The number of aryl methyl sites for hydroxylation is 1. The number of rotatable bonds is 6. The molecule has 4 aliphatic rings. The molecule has 4 N–H and O–H groups in total. The average molecular weight is 443 g/mol. The lowest BCUT2D eigenvalue weighted by Crippen LogP contribution is -2.52. The highest BCUT2D eigenvalue weighted by molar-refractivity contribution is 5.69. The lowest BCUT2D eigenvalue weighted by atomic mass is 9.47. The SMILES string of the molecule is C[C@]12CC[C@@H]3c4c(cc(O)c(CCC(=O)O)c4CCC(=O)O)CC[C@H]3C13CCC2(O)CC3. The standard InChI is InChI=1S/C26H34O6/c1-24-9-8-18-19(25(24)10-12-26(24,32)13-11-25)5-2-15-14-20(27)16(3-6-21(28)29)17(23(15)18)4-7-22(30)31/h14,18-19,27,32H,2-13H2,1H3,(H,28,29)(H,30,31)/t18-,19+,24-,25?,26?/m0/s1. The van der Waals surface area contributed by atoms with E-state index in [9.17, 15) is 30.0 Å². The van der Waals surface area contributed by atoms with Gasteiger partial charge in [0, 0.05) is 18.3 Å². The third-order valence-electron chi connectivity index (χ3n) is 10.2. The zero-order valence-corrected chi connectivity index (χ0v) is 18.8. The predicted octanol–water partition coefficient (Wildman–Crippen LogP) is 4.18. The summed E-state index contributed by atoms with van der Waals surface area (Å²) in [6, 6.07) is 1.82. The first kappa shape index (κ1) is 21.7. The summed E-state index contributed by atoms with van der Waals surface area (Å²) in [5.41, 5.74) is 3.33. The fourth-order valence-electron chi connectivity index (χ4n) is 8.64. The maximum atomic E-state index is 11.4. The van der Waals surface area contributed by atoms with Crippen LogP contribution in [0.3, 0.4) is 0 Å². The van der Waals surface area contributed by atoms with E-state index in [0.717, 1.165) is 62.5 Å². The Hall–Kier alpha value is -2.08. The molecule has 6 heteroatoms. The number of phenolic OH excluding ortho intramolecular Hbond substituents is 1. The summed E-state index contributed by atoms with van der Waals surface area (Å²) in [6.07, 6.45) is 8.10. The minimum absolute atomic E-state index is 0.0318. The van der Waals surface area contributed by atoms with Crippen molar-refractivity contribution >= 4 is 11.9 Å². The number of carboxylic acids is 2. The van der Waals surface area contributed by atoms with Crippen LogP contribution in [0.15, 0.2) is 6.07 Å². The highest BCUT2D eigenvalue weighted by Gasteiger charge is 2.73. The molecule has 0 spiro atoms. The Kier molecular flexibility index (Phi) is 4.90. The van der Waals surface area contributed by atoms with E-state index in [2.05, 4.69) is 6.92 Å². The van der Waals surface area contributed by atoms with Crippen molar-refractivity contribution in [1.82, 2.24) is 0 Å². The van der Waals surface area contributed by atoms with Crippen LogP contribution in [0.5, 0.6) is 5.75 Å². The van der Waals surface area contributed by atoms with E-state index in [1.54, 1.807) is 0 Å². The summed E-state index contributed by atoms with van der Waals surface area (Å²) in [4.78, 5) is 22.7. The van der Waals surface area contributed by atoms with Crippen LogP contribution in [0, 0.1) is 16.7 Å². The monoisotopic (exact) mass is 442 g/mol. The molecule has 6 nitrogen and oxygen atoms in total. The molecule has 174 valence electrons. The molecular weight excluding hydrogens is 408 g/mol. The van der Waals surface area contributed by atoms with Crippen molar-refractivity contribution in [2.24, 2.45) is 16.7 Å². The van der Waals surface area contributed by atoms with Gasteiger partial charge in [0.1, 0.15) is 5.75 Å². The van der Waals surface area contributed by atoms with E-state index in [1.165, 1.54) is 5.56 Å². The van der Waals surface area contributed by atoms with Crippen molar-refractivity contribution in [2.75, 3.05) is 0 Å². The fraction of sp³-hybridized carbons (Fsp3) is 0.692. The summed E-state index contributed by atoms with van der Waals surface area (Å²) in [6.45, 7) is 2.30. The van der Waals surface area contributed by atoms with E-state index < -0.39 is 17.5 Å². The van der Waals surface area contributed by atoms with Crippen LogP contribution in [-0.2, 0) is 28.9 Å². The second-order valence-electron chi connectivity index (χ2n) is 11.0. The van der Waals surface area contributed by atoms with Gasteiger partial charge in [0.2, 0.25) is 0 Å². The number of carboxylic acid groups (broad SMARTS) is 2. The Morgan fingerprint density at radius 3 is 2.22 bits per heavy atom. The molecule has 0 aliphatic heterocycles. The molecule has 0 unspecified atom stereocenters. The number of aromatic hydroxyl groups is 1. The normalized spacial score (nSPS) is 36.9. The molecule has 1 aromatic rings. The summed E-state index contributed by atoms with van der Waals surface area (Å²) >= 11 is 0. The Bertz CT molecular complexity index is 973. The highest BCUT2D eigenvalue weighted by Crippen LogP contribution is 2.77. The molecule has 1 aromatic carbocycles. The summed E-state index contributed by atoms with van der Waals surface area (Å²) in [7, 11) is 0. The van der Waals surface area contributed by atoms with Gasteiger partial charge in [-0.25, -0.2) is 0 Å². The molecule has 3 saturated carbocycles. The van der Waals surface area contributed by atoms with E-state index in [0.29, 0.717) is 23.8 Å². The first-order chi connectivity index (χ1) is 15.1. The van der Waals surface area contributed by atoms with Gasteiger partial charge in [0.25, 0.3) is 0 Å². The molecule has 3 fully saturated rings. The van der Waals surface area contributed by atoms with Crippen LogP contribution in [-0.4, -0.2) is 38.0 Å². The smallest absolute Gasteiger partial charge is 0.303 e. The minimum atomic E-state index is -0.923. The summed E-state index contributed by atoms with van der Waals surface area (Å²) < 4.78 is 0. The molecule has 0 aromatic heterocycles. The van der Waals surface area contributed by atoms with Gasteiger partial charge in [0.15, 0.2) is 0 Å². The molecule has 4 aliphatic carbocycles. The maximum absolute atomic E-state index is 11.4. The molecule has 3 atom stereocenters. The van der Waals surface area contributed by atoms with E-state index in [1.807, 2.05) is 6.07 Å². The summed E-state index contributed by atoms with van der Waals surface area (Å²) in [5.74, 6) is -0.956. The van der Waals surface area contributed by atoms with Gasteiger partial charge in [-0.3, -0.25) is 9.59 Å². The summed E-state index contributed by atoms with van der Waals surface area (Å²) in [5, 5.41) is 40.8. The molecule has 0 radical (unpaired) electrons. The lowest BCUT2D eigenvalue weighted by molar-refractivity contribution is -0.138. The number of phenols is 1. The fourth-order valence-corrected chi connectivity index (χ4v) is 8.64. The third-order valence-corrected chi connectivity index (χ3v) is 10.2. The van der Waals surface area contributed by atoms with Gasteiger partial charge in [0.05, 0.1) is 5.60 Å². The van der Waals surface area contributed by atoms with Crippen molar-refractivity contribution in [1.29, 1.82) is 0 Å². The zero-order valence-electron chi connectivity index (χ0n) is 18.8. The Morgan fingerprint density at radius 2 is 1.59 bits per heavy atom. The van der Waals surface area contributed by atoms with Crippen LogP contribution in [0.4, 0.5) is 0 Å². The van der Waals surface area contributed by atoms with Gasteiger partial charge in [-0.15, -0.1) is 0 Å². The molecule has 5 rings (SSSR count). The molecular formula is C26H34O6. The molecule has 0 saturated heterocycles. The second-order valence-corrected chi connectivity index (χ2v) is 11.0. The first-order valence-electron chi connectivity index (χ1n) is 12.1. The Morgan fingerprint density at radius 1 is 0.969 bits per heavy atom. The van der Waals surface area contributed by atoms with Crippen LogP contribution in [0.2, 0.25) is 0 Å². The quantitative estimate of drug-likeness (QED) is 0.525. The number of aliphatic hydroxyl groups is 1. The van der Waals surface area contributed by atoms with Crippen molar-refractivity contribution in [2.45, 2.75) is 95.5 Å². The number of fused-ring (bicyclic) bond motifs is 3. The number of hydrogen-bond donors (Lipinski definition) is 4. The minimum Gasteiger partial charge on any atom is -0.508 e. The van der Waals surface area contributed by atoms with E-state index in [4.69, 9.17) is 0 Å². The van der Waals surface area contributed by atoms with Gasteiger partial charge >= 0.3 is 11.9 Å².